The summed E-state index contributed by atoms with van der Waals surface area (Å²) in [4.78, 5) is 10.2. The molecule has 2 aromatic rings. The van der Waals surface area contributed by atoms with Gasteiger partial charge in [-0.25, -0.2) is 8.42 Å². The Balaban J connectivity index is 1.67. The van der Waals surface area contributed by atoms with Crippen molar-refractivity contribution in [3.8, 4) is 5.75 Å². The van der Waals surface area contributed by atoms with Crippen molar-refractivity contribution in [2.75, 3.05) is 13.1 Å². The van der Waals surface area contributed by atoms with Crippen LogP contribution in [0.3, 0.4) is 0 Å². The van der Waals surface area contributed by atoms with E-state index in [2.05, 4.69) is 0 Å². The van der Waals surface area contributed by atoms with Crippen LogP contribution in [0.1, 0.15) is 12.8 Å². The second-order valence-corrected chi connectivity index (χ2v) is 7.73. The topological polar surface area (TPSA) is 89.8 Å². The Hall–Kier alpha value is -2.45. The molecule has 1 saturated heterocycles. The van der Waals surface area contributed by atoms with E-state index in [1.54, 1.807) is 0 Å². The maximum absolute atomic E-state index is 12.7. The lowest BCUT2D eigenvalue weighted by Crippen LogP contribution is -2.41. The second kappa shape index (κ2) is 7.20. The summed E-state index contributed by atoms with van der Waals surface area (Å²) in [6.45, 7) is 0.644. The van der Waals surface area contributed by atoms with Crippen molar-refractivity contribution in [1.29, 1.82) is 0 Å². The molecule has 0 aromatic heterocycles. The highest BCUT2D eigenvalue weighted by molar-refractivity contribution is 7.89. The van der Waals surface area contributed by atoms with E-state index >= 15 is 0 Å². The number of ether oxygens (including phenoxy) is 1. The lowest BCUT2D eigenvalue weighted by Gasteiger charge is -2.31. The van der Waals surface area contributed by atoms with Gasteiger partial charge in [0, 0.05) is 25.2 Å². The molecule has 3 rings (SSSR count). The number of benzene rings is 2. The Bertz CT molecular complexity index is 846. The highest BCUT2D eigenvalue weighted by Gasteiger charge is 2.31. The van der Waals surface area contributed by atoms with E-state index in [1.807, 2.05) is 30.3 Å². The summed E-state index contributed by atoms with van der Waals surface area (Å²) in [5.41, 5.74) is -0.233. The van der Waals surface area contributed by atoms with E-state index in [1.165, 1.54) is 22.5 Å². The summed E-state index contributed by atoms with van der Waals surface area (Å²) in [7, 11) is -3.74. The SMILES string of the molecule is O=[N+]([O-])c1cccc(S(=O)(=O)N2CCC(Oc3ccccc3)CC2)c1. The Labute approximate surface area is 146 Å². The van der Waals surface area contributed by atoms with Gasteiger partial charge in [0.1, 0.15) is 11.9 Å². The number of hydrogen-bond acceptors (Lipinski definition) is 5. The van der Waals surface area contributed by atoms with Crippen LogP contribution in [-0.4, -0.2) is 36.8 Å². The van der Waals surface area contributed by atoms with E-state index in [0.717, 1.165) is 11.8 Å². The molecule has 0 atom stereocenters. The quantitative estimate of drug-likeness (QED) is 0.603. The predicted molar refractivity (Wildman–Crippen MR) is 91.9 cm³/mol. The lowest BCUT2D eigenvalue weighted by atomic mass is 10.1. The average molecular weight is 362 g/mol. The predicted octanol–water partition coefficient (Wildman–Crippen LogP) is 2.83. The monoisotopic (exact) mass is 362 g/mol. The highest BCUT2D eigenvalue weighted by Crippen LogP contribution is 2.25. The first-order chi connectivity index (χ1) is 12.0. The third-order valence-electron chi connectivity index (χ3n) is 4.11. The summed E-state index contributed by atoms with van der Waals surface area (Å²) in [5, 5.41) is 10.9. The van der Waals surface area contributed by atoms with Crippen molar-refractivity contribution in [3.63, 3.8) is 0 Å². The first-order valence-corrected chi connectivity index (χ1v) is 9.37. The number of nitrogens with zero attached hydrogens (tertiary/aromatic N) is 2. The van der Waals surface area contributed by atoms with Gasteiger partial charge in [-0.05, 0) is 31.0 Å². The standard InChI is InChI=1S/C17H18N2O5S/c20-19(21)14-5-4-8-17(13-14)25(22,23)18-11-9-16(10-12-18)24-15-6-2-1-3-7-15/h1-8,13,16H,9-12H2. The molecule has 0 bridgehead atoms. The minimum absolute atomic E-state index is 0.0426. The van der Waals surface area contributed by atoms with Crippen molar-refractivity contribution in [2.45, 2.75) is 23.8 Å². The van der Waals surface area contributed by atoms with E-state index in [9.17, 15) is 18.5 Å². The number of piperidine rings is 1. The van der Waals surface area contributed by atoms with Crippen LogP contribution in [0.25, 0.3) is 0 Å². The number of nitro benzene ring substituents is 1. The van der Waals surface area contributed by atoms with Gasteiger partial charge in [-0.15, -0.1) is 0 Å². The van der Waals surface area contributed by atoms with Crippen molar-refractivity contribution >= 4 is 15.7 Å². The molecule has 0 unspecified atom stereocenters. The maximum atomic E-state index is 12.7. The van der Waals surface area contributed by atoms with Gasteiger partial charge in [0.05, 0.1) is 9.82 Å². The van der Waals surface area contributed by atoms with Crippen molar-refractivity contribution in [2.24, 2.45) is 0 Å². The minimum Gasteiger partial charge on any atom is -0.490 e. The fourth-order valence-corrected chi connectivity index (χ4v) is 4.30. The van der Waals surface area contributed by atoms with E-state index in [0.29, 0.717) is 25.9 Å². The van der Waals surface area contributed by atoms with Crippen LogP contribution in [0.15, 0.2) is 59.5 Å². The zero-order chi connectivity index (χ0) is 17.9. The Morgan fingerprint density at radius 3 is 2.36 bits per heavy atom. The number of rotatable bonds is 5. The molecule has 1 aliphatic rings. The molecule has 2 aromatic carbocycles. The summed E-state index contributed by atoms with van der Waals surface area (Å²) in [6.07, 6.45) is 1.10. The smallest absolute Gasteiger partial charge is 0.270 e. The van der Waals surface area contributed by atoms with Gasteiger partial charge < -0.3 is 4.74 Å². The molecule has 25 heavy (non-hydrogen) atoms. The third-order valence-corrected chi connectivity index (χ3v) is 6.01. The zero-order valence-corrected chi connectivity index (χ0v) is 14.3. The van der Waals surface area contributed by atoms with Gasteiger partial charge in [0.15, 0.2) is 0 Å². The van der Waals surface area contributed by atoms with E-state index < -0.39 is 14.9 Å². The molecule has 0 amide bonds. The van der Waals surface area contributed by atoms with Crippen molar-refractivity contribution in [1.82, 2.24) is 4.31 Å². The summed E-state index contributed by atoms with van der Waals surface area (Å²) < 4.78 is 32.6. The molecule has 0 N–H and O–H groups in total. The number of non-ortho nitro benzene ring substituents is 1. The molecule has 1 aliphatic heterocycles. The van der Waals surface area contributed by atoms with Crippen LogP contribution in [0.2, 0.25) is 0 Å². The summed E-state index contributed by atoms with van der Waals surface area (Å²) in [5.74, 6) is 0.766. The molecular formula is C17H18N2O5S. The van der Waals surface area contributed by atoms with Gasteiger partial charge >= 0.3 is 0 Å². The van der Waals surface area contributed by atoms with Gasteiger partial charge in [0.2, 0.25) is 10.0 Å². The third kappa shape index (κ3) is 3.97. The lowest BCUT2D eigenvalue weighted by molar-refractivity contribution is -0.385. The van der Waals surface area contributed by atoms with Gasteiger partial charge in [-0.3, -0.25) is 10.1 Å². The number of nitro groups is 1. The molecule has 7 nitrogen and oxygen atoms in total. The molecule has 132 valence electrons. The largest absolute Gasteiger partial charge is 0.490 e. The van der Waals surface area contributed by atoms with E-state index in [4.69, 9.17) is 4.74 Å². The van der Waals surface area contributed by atoms with Gasteiger partial charge in [-0.1, -0.05) is 24.3 Å². The maximum Gasteiger partial charge on any atom is 0.270 e. The van der Waals surface area contributed by atoms with E-state index in [-0.39, 0.29) is 16.7 Å². The summed E-state index contributed by atoms with van der Waals surface area (Å²) >= 11 is 0. The second-order valence-electron chi connectivity index (χ2n) is 5.79. The van der Waals surface area contributed by atoms with Gasteiger partial charge in [-0.2, -0.15) is 4.31 Å². The molecule has 0 radical (unpaired) electrons. The Morgan fingerprint density at radius 2 is 1.72 bits per heavy atom. The number of hydrogen-bond donors (Lipinski definition) is 0. The van der Waals surface area contributed by atoms with Crippen LogP contribution < -0.4 is 4.74 Å². The molecule has 1 fully saturated rings. The Kier molecular flexibility index (Phi) is 5.00. The zero-order valence-electron chi connectivity index (χ0n) is 13.4. The molecular weight excluding hydrogens is 344 g/mol. The summed E-state index contributed by atoms with van der Waals surface area (Å²) in [6, 6.07) is 14.6. The molecule has 8 heteroatoms. The van der Waals surface area contributed by atoms with Crippen LogP contribution in [0.4, 0.5) is 5.69 Å². The van der Waals surface area contributed by atoms with Crippen molar-refractivity contribution < 1.29 is 18.1 Å². The normalized spacial score (nSPS) is 16.5. The average Bonchev–Trinajstić information content (AvgIpc) is 2.63. The molecule has 0 spiro atoms. The fourth-order valence-electron chi connectivity index (χ4n) is 2.79. The molecule has 0 aliphatic carbocycles. The molecule has 0 saturated carbocycles. The van der Waals surface area contributed by atoms with Gasteiger partial charge in [0.25, 0.3) is 5.69 Å². The minimum atomic E-state index is -3.74. The van der Waals surface area contributed by atoms with Crippen molar-refractivity contribution in [3.05, 3.63) is 64.7 Å². The fraction of sp³-hybridized carbons (Fsp3) is 0.294. The Morgan fingerprint density at radius 1 is 1.04 bits per heavy atom. The molecule has 1 heterocycles. The number of para-hydroxylation sites is 1. The number of sulfonamides is 1. The van der Waals surface area contributed by atoms with Crippen LogP contribution >= 0.6 is 0 Å². The van der Waals surface area contributed by atoms with Crippen LogP contribution in [0.5, 0.6) is 5.75 Å². The van der Waals surface area contributed by atoms with Crippen LogP contribution in [-0.2, 0) is 10.0 Å². The first-order valence-electron chi connectivity index (χ1n) is 7.93. The van der Waals surface area contributed by atoms with Crippen LogP contribution in [0, 0.1) is 10.1 Å². The highest BCUT2D eigenvalue weighted by atomic mass is 32.2. The first kappa shape index (κ1) is 17.4.